The Labute approximate surface area is 125 Å². The fourth-order valence-electron chi connectivity index (χ4n) is 2.05. The Morgan fingerprint density at radius 1 is 0.952 bits per heavy atom. The number of nitrogens with one attached hydrogen (secondary N) is 1. The van der Waals surface area contributed by atoms with Crippen molar-refractivity contribution >= 4 is 6.03 Å². The predicted octanol–water partition coefficient (Wildman–Crippen LogP) is 3.93. The van der Waals surface area contributed by atoms with Gasteiger partial charge in [-0.05, 0) is 18.1 Å². The normalized spacial score (nSPS) is 10.5. The Morgan fingerprint density at radius 3 is 1.86 bits per heavy atom. The van der Waals surface area contributed by atoms with Gasteiger partial charge in [-0.25, -0.2) is 4.79 Å². The number of rotatable bonds is 5. The van der Waals surface area contributed by atoms with Crippen LogP contribution in [0.25, 0.3) is 0 Å². The summed E-state index contributed by atoms with van der Waals surface area (Å²) in [5, 5.41) is 2.78. The van der Waals surface area contributed by atoms with Gasteiger partial charge in [0.15, 0.2) is 0 Å². The van der Waals surface area contributed by atoms with Gasteiger partial charge in [0.05, 0.1) is 0 Å². The Balaban J connectivity index is 2.11. The number of carbonyl (C=O) groups is 1. The largest absolute Gasteiger partial charge is 0.321 e. The van der Waals surface area contributed by atoms with Gasteiger partial charge in [0.2, 0.25) is 0 Å². The molecular weight excluding hydrogens is 260 g/mol. The third-order valence-corrected chi connectivity index (χ3v) is 3.09. The average Bonchev–Trinajstić information content (AvgIpc) is 2.54. The van der Waals surface area contributed by atoms with Gasteiger partial charge in [-0.2, -0.15) is 0 Å². The molecule has 0 saturated heterocycles. The summed E-state index contributed by atoms with van der Waals surface area (Å²) in [6.07, 6.45) is 3.46. The lowest BCUT2D eigenvalue weighted by Crippen LogP contribution is -2.36. The van der Waals surface area contributed by atoms with Crippen molar-refractivity contribution in [1.82, 2.24) is 10.2 Å². The first kappa shape index (κ1) is 14.9. The lowest BCUT2D eigenvalue weighted by atomic mass is 10.2. The van der Waals surface area contributed by atoms with E-state index in [9.17, 15) is 4.79 Å². The predicted molar refractivity (Wildman–Crippen MR) is 85.5 cm³/mol. The van der Waals surface area contributed by atoms with Gasteiger partial charge in [0, 0.05) is 19.3 Å². The number of hydrogen-bond donors (Lipinski definition) is 1. The summed E-state index contributed by atoms with van der Waals surface area (Å²) in [5.74, 6) is 0. The Hall–Kier alpha value is -2.55. The molecule has 1 N–H and O–H groups in total. The molecule has 0 radical (unpaired) electrons. The smallest absolute Gasteiger partial charge is 0.316 e. The van der Waals surface area contributed by atoms with Gasteiger partial charge in [-0.1, -0.05) is 66.7 Å². The molecule has 0 bridgehead atoms. The second kappa shape index (κ2) is 7.90. The zero-order chi connectivity index (χ0) is 14.9. The molecule has 0 saturated carbocycles. The standard InChI is InChI=1S/C18H20N2O/c1-2-13-19-18(21)20(14-16-9-5-3-6-10-16)15-17-11-7-4-8-12-17/h2-13H,14-15H2,1H3,(H,19,21)/b13-2+. The van der Waals surface area contributed by atoms with E-state index >= 15 is 0 Å². The molecule has 2 rings (SSSR count). The lowest BCUT2D eigenvalue weighted by molar-refractivity contribution is 0.196. The molecule has 2 aromatic carbocycles. The summed E-state index contributed by atoms with van der Waals surface area (Å²) >= 11 is 0. The number of nitrogens with zero attached hydrogens (tertiary/aromatic N) is 1. The summed E-state index contributed by atoms with van der Waals surface area (Å²) in [6.45, 7) is 3.04. The molecule has 0 spiro atoms. The van der Waals surface area contributed by atoms with E-state index in [1.54, 1.807) is 17.2 Å². The molecule has 3 heteroatoms. The van der Waals surface area contributed by atoms with Crippen LogP contribution in [0.1, 0.15) is 18.1 Å². The van der Waals surface area contributed by atoms with E-state index in [0.717, 1.165) is 11.1 Å². The highest BCUT2D eigenvalue weighted by molar-refractivity contribution is 5.75. The second-order valence-corrected chi connectivity index (χ2v) is 4.78. The van der Waals surface area contributed by atoms with Crippen molar-refractivity contribution in [2.45, 2.75) is 20.0 Å². The van der Waals surface area contributed by atoms with Crippen LogP contribution >= 0.6 is 0 Å². The summed E-state index contributed by atoms with van der Waals surface area (Å²) in [4.78, 5) is 14.1. The fourth-order valence-corrected chi connectivity index (χ4v) is 2.05. The highest BCUT2D eigenvalue weighted by Gasteiger charge is 2.13. The molecule has 0 atom stereocenters. The van der Waals surface area contributed by atoms with E-state index in [-0.39, 0.29) is 6.03 Å². The number of benzene rings is 2. The number of amides is 2. The summed E-state index contributed by atoms with van der Waals surface area (Å²) in [7, 11) is 0. The van der Waals surface area contributed by atoms with E-state index in [4.69, 9.17) is 0 Å². The van der Waals surface area contributed by atoms with Gasteiger partial charge >= 0.3 is 6.03 Å². The third-order valence-electron chi connectivity index (χ3n) is 3.09. The lowest BCUT2D eigenvalue weighted by Gasteiger charge is -2.22. The number of allylic oxidation sites excluding steroid dienone is 1. The molecule has 0 heterocycles. The SMILES string of the molecule is C/C=C/NC(=O)N(Cc1ccccc1)Cc1ccccc1. The molecule has 2 amide bonds. The van der Waals surface area contributed by atoms with E-state index in [1.807, 2.05) is 67.6 Å². The van der Waals surface area contributed by atoms with Gasteiger partial charge in [-0.3, -0.25) is 0 Å². The minimum absolute atomic E-state index is 0.0965. The molecule has 0 fully saturated rings. The molecular formula is C18H20N2O. The number of carbonyl (C=O) groups excluding carboxylic acids is 1. The van der Waals surface area contributed by atoms with Crippen LogP contribution in [0.2, 0.25) is 0 Å². The molecule has 3 nitrogen and oxygen atoms in total. The van der Waals surface area contributed by atoms with Crippen LogP contribution in [0.4, 0.5) is 4.79 Å². The average molecular weight is 280 g/mol. The van der Waals surface area contributed by atoms with Crippen molar-refractivity contribution in [2.75, 3.05) is 0 Å². The van der Waals surface area contributed by atoms with Crippen molar-refractivity contribution in [3.05, 3.63) is 84.1 Å². The molecule has 0 aliphatic rings. The topological polar surface area (TPSA) is 32.3 Å². The molecule has 108 valence electrons. The molecule has 0 unspecified atom stereocenters. The Morgan fingerprint density at radius 2 is 1.43 bits per heavy atom. The summed E-state index contributed by atoms with van der Waals surface area (Å²) in [6, 6.07) is 19.9. The maximum absolute atomic E-state index is 12.3. The van der Waals surface area contributed by atoms with E-state index < -0.39 is 0 Å². The number of urea groups is 1. The first-order valence-corrected chi connectivity index (χ1v) is 7.04. The minimum Gasteiger partial charge on any atom is -0.316 e. The highest BCUT2D eigenvalue weighted by Crippen LogP contribution is 2.10. The summed E-state index contributed by atoms with van der Waals surface area (Å²) < 4.78 is 0. The first-order valence-electron chi connectivity index (χ1n) is 7.04. The van der Waals surface area contributed by atoms with E-state index in [2.05, 4.69) is 5.32 Å². The Kier molecular flexibility index (Phi) is 5.59. The van der Waals surface area contributed by atoms with Crippen LogP contribution in [0.5, 0.6) is 0 Å². The van der Waals surface area contributed by atoms with Crippen molar-refractivity contribution in [1.29, 1.82) is 0 Å². The summed E-state index contributed by atoms with van der Waals surface area (Å²) in [5.41, 5.74) is 2.23. The van der Waals surface area contributed by atoms with Gasteiger partial charge < -0.3 is 10.2 Å². The van der Waals surface area contributed by atoms with Crippen LogP contribution in [0.15, 0.2) is 72.9 Å². The minimum atomic E-state index is -0.0965. The van der Waals surface area contributed by atoms with Crippen LogP contribution in [0, 0.1) is 0 Å². The van der Waals surface area contributed by atoms with Gasteiger partial charge in [0.1, 0.15) is 0 Å². The van der Waals surface area contributed by atoms with Crippen molar-refractivity contribution in [3.63, 3.8) is 0 Å². The van der Waals surface area contributed by atoms with Crippen molar-refractivity contribution < 1.29 is 4.79 Å². The van der Waals surface area contributed by atoms with Crippen LogP contribution in [0.3, 0.4) is 0 Å². The quantitative estimate of drug-likeness (QED) is 0.884. The van der Waals surface area contributed by atoms with Crippen molar-refractivity contribution in [2.24, 2.45) is 0 Å². The molecule has 21 heavy (non-hydrogen) atoms. The van der Waals surface area contributed by atoms with E-state index in [1.165, 1.54) is 0 Å². The zero-order valence-electron chi connectivity index (χ0n) is 12.2. The fraction of sp³-hybridized carbons (Fsp3) is 0.167. The maximum Gasteiger partial charge on any atom is 0.321 e. The highest BCUT2D eigenvalue weighted by atomic mass is 16.2. The maximum atomic E-state index is 12.3. The van der Waals surface area contributed by atoms with Gasteiger partial charge in [0.25, 0.3) is 0 Å². The number of hydrogen-bond acceptors (Lipinski definition) is 1. The zero-order valence-corrected chi connectivity index (χ0v) is 12.2. The van der Waals surface area contributed by atoms with Crippen molar-refractivity contribution in [3.8, 4) is 0 Å². The monoisotopic (exact) mass is 280 g/mol. The van der Waals surface area contributed by atoms with Gasteiger partial charge in [-0.15, -0.1) is 0 Å². The van der Waals surface area contributed by atoms with Crippen LogP contribution < -0.4 is 5.32 Å². The molecule has 0 aliphatic carbocycles. The third kappa shape index (κ3) is 4.80. The molecule has 0 aromatic heterocycles. The van der Waals surface area contributed by atoms with E-state index in [0.29, 0.717) is 13.1 Å². The molecule has 2 aromatic rings. The Bertz CT molecular complexity index is 537. The second-order valence-electron chi connectivity index (χ2n) is 4.78. The molecule has 0 aliphatic heterocycles. The van der Waals surface area contributed by atoms with Crippen LogP contribution in [-0.4, -0.2) is 10.9 Å². The first-order chi connectivity index (χ1) is 10.3. The van der Waals surface area contributed by atoms with Crippen LogP contribution in [-0.2, 0) is 13.1 Å².